The second kappa shape index (κ2) is 12.0. The predicted molar refractivity (Wildman–Crippen MR) is 160 cm³/mol. The molecule has 5 unspecified atom stereocenters. The first-order valence-electron chi connectivity index (χ1n) is 15.1. The van der Waals surface area contributed by atoms with Crippen molar-refractivity contribution in [1.29, 1.82) is 0 Å². The van der Waals surface area contributed by atoms with Crippen molar-refractivity contribution in [1.82, 2.24) is 0 Å². The van der Waals surface area contributed by atoms with E-state index in [1.54, 1.807) is 7.11 Å². The van der Waals surface area contributed by atoms with E-state index < -0.39 is 0 Å². The predicted octanol–water partition coefficient (Wildman–Crippen LogP) is 8.07. The average Bonchev–Trinajstić information content (AvgIpc) is 3.27. The highest BCUT2D eigenvalue weighted by Crippen LogP contribution is 2.62. The molecule has 0 bridgehead atoms. The van der Waals surface area contributed by atoms with Gasteiger partial charge in [0.2, 0.25) is 0 Å². The van der Waals surface area contributed by atoms with Gasteiger partial charge in [-0.1, -0.05) is 64.2 Å². The Morgan fingerprint density at radius 3 is 2.51 bits per heavy atom. The lowest BCUT2D eigenvalue weighted by molar-refractivity contribution is -0.0780. The molecule has 0 spiro atoms. The number of methoxy groups -OCH3 is 1. The minimum atomic E-state index is -0.373. The molecule has 1 radical (unpaired) electrons. The van der Waals surface area contributed by atoms with Crippen LogP contribution >= 0.6 is 0 Å². The third kappa shape index (κ3) is 5.96. The molecule has 2 fully saturated rings. The molecule has 2 aromatic rings. The lowest BCUT2D eigenvalue weighted by Gasteiger charge is -2.50. The Kier molecular flexibility index (Phi) is 8.80. The van der Waals surface area contributed by atoms with Crippen molar-refractivity contribution in [3.63, 3.8) is 0 Å². The highest BCUT2D eigenvalue weighted by molar-refractivity contribution is 6.59. The molecule has 2 saturated carbocycles. The Hall–Kier alpha value is -1.82. The molecule has 39 heavy (non-hydrogen) atoms. The summed E-state index contributed by atoms with van der Waals surface area (Å²) in [6.45, 7) is 14.8. The van der Waals surface area contributed by atoms with Gasteiger partial charge in [-0.15, -0.1) is 0 Å². The number of fused-ring (bicyclic) bond motifs is 5. The fraction of sp³-hybridized carbons (Fsp3) is 0.647. The Bertz CT molecular complexity index is 1100. The van der Waals surface area contributed by atoms with Crippen LogP contribution in [0.15, 0.2) is 42.5 Å². The van der Waals surface area contributed by atoms with E-state index in [1.165, 1.54) is 48.8 Å². The molecule has 3 aliphatic carbocycles. The maximum Gasteiger partial charge on any atom is 0.161 e. The van der Waals surface area contributed by atoms with Gasteiger partial charge in [0, 0.05) is 6.61 Å². The number of aryl methyl sites for hydroxylation is 1. The van der Waals surface area contributed by atoms with Crippen LogP contribution < -0.4 is 9.47 Å². The van der Waals surface area contributed by atoms with Gasteiger partial charge in [0.1, 0.15) is 6.61 Å². The van der Waals surface area contributed by atoms with Crippen molar-refractivity contribution in [3.8, 4) is 11.5 Å². The van der Waals surface area contributed by atoms with E-state index in [2.05, 4.69) is 70.3 Å². The van der Waals surface area contributed by atoms with E-state index in [9.17, 15) is 0 Å². The molecule has 213 valence electrons. The van der Waals surface area contributed by atoms with Crippen LogP contribution in [0, 0.1) is 17.3 Å². The van der Waals surface area contributed by atoms with E-state index in [0.29, 0.717) is 30.3 Å². The highest BCUT2D eigenvalue weighted by atomic mass is 28.3. The van der Waals surface area contributed by atoms with Crippen LogP contribution in [0.1, 0.15) is 75.5 Å². The highest BCUT2D eigenvalue weighted by Gasteiger charge is 2.55. The first kappa shape index (κ1) is 28.7. The first-order valence-corrected chi connectivity index (χ1v) is 17.6. The van der Waals surface area contributed by atoms with E-state index in [0.717, 1.165) is 43.0 Å². The van der Waals surface area contributed by atoms with Gasteiger partial charge in [-0.25, -0.2) is 0 Å². The van der Waals surface area contributed by atoms with Crippen LogP contribution in [-0.4, -0.2) is 41.8 Å². The molecule has 5 heteroatoms. The van der Waals surface area contributed by atoms with Crippen LogP contribution in [0.3, 0.4) is 0 Å². The second-order valence-corrected chi connectivity index (χ2v) is 16.7. The number of hydrogen-bond donors (Lipinski definition) is 0. The van der Waals surface area contributed by atoms with Crippen molar-refractivity contribution in [2.24, 2.45) is 17.3 Å². The van der Waals surface area contributed by atoms with Crippen LogP contribution in [0.4, 0.5) is 0 Å². The maximum atomic E-state index is 6.56. The number of rotatable bonds is 11. The summed E-state index contributed by atoms with van der Waals surface area (Å²) in [4.78, 5) is 0. The minimum Gasteiger partial charge on any atom is -0.493 e. The molecule has 0 amide bonds. The van der Waals surface area contributed by atoms with Crippen LogP contribution in [-0.2, 0) is 22.5 Å². The fourth-order valence-electron chi connectivity index (χ4n) is 7.53. The topological polar surface area (TPSA) is 36.9 Å². The molecule has 0 saturated heterocycles. The Balaban J connectivity index is 1.21. The lowest BCUT2D eigenvalue weighted by Crippen LogP contribution is -2.45. The zero-order chi connectivity index (χ0) is 27.6. The van der Waals surface area contributed by atoms with Crippen molar-refractivity contribution >= 4 is 8.80 Å². The molecule has 0 aliphatic heterocycles. The fourth-order valence-corrected chi connectivity index (χ4v) is 7.92. The summed E-state index contributed by atoms with van der Waals surface area (Å²) < 4.78 is 24.7. The molecule has 0 aromatic heterocycles. The molecular formula is C34H49O4Si. The lowest BCUT2D eigenvalue weighted by atomic mass is 9.55. The van der Waals surface area contributed by atoms with Gasteiger partial charge in [0.15, 0.2) is 11.5 Å². The maximum absolute atomic E-state index is 6.56. The van der Waals surface area contributed by atoms with Crippen molar-refractivity contribution < 1.29 is 18.9 Å². The summed E-state index contributed by atoms with van der Waals surface area (Å²) >= 11 is 0. The van der Waals surface area contributed by atoms with Gasteiger partial charge < -0.3 is 18.9 Å². The normalized spacial score (nSPS) is 28.1. The molecule has 0 heterocycles. The second-order valence-electron chi connectivity index (χ2n) is 13.3. The molecule has 2 aromatic carbocycles. The van der Waals surface area contributed by atoms with Gasteiger partial charge in [0.25, 0.3) is 0 Å². The molecule has 4 nitrogen and oxygen atoms in total. The van der Waals surface area contributed by atoms with Crippen molar-refractivity contribution in [2.45, 2.75) is 96.1 Å². The third-order valence-corrected chi connectivity index (χ3v) is 13.4. The van der Waals surface area contributed by atoms with Gasteiger partial charge >= 0.3 is 0 Å². The Morgan fingerprint density at radius 2 is 1.77 bits per heavy atom. The SMILES string of the molecule is COc1cc2c(cc1OCc1ccccc1)CCC1C2CCC2(C)C(OCCOCC(C)(C)[Si](C)C)CCC12. The Morgan fingerprint density at radius 1 is 0.974 bits per heavy atom. The van der Waals surface area contributed by atoms with Gasteiger partial charge in [-0.05, 0) is 95.6 Å². The molecule has 3 aliphatic rings. The third-order valence-electron chi connectivity index (χ3n) is 10.5. The quantitative estimate of drug-likeness (QED) is 0.210. The molecule has 0 N–H and O–H groups in total. The monoisotopic (exact) mass is 549 g/mol. The molecule has 5 atom stereocenters. The van der Waals surface area contributed by atoms with E-state index >= 15 is 0 Å². The van der Waals surface area contributed by atoms with Crippen molar-refractivity contribution in [2.75, 3.05) is 26.9 Å². The first-order chi connectivity index (χ1) is 18.7. The standard InChI is InChI=1S/C34H49O4Si/c1-33(2,39(5)6)23-36-18-19-37-32-15-14-29-27-13-12-25-20-31(38-22-24-10-8-7-9-11-24)30(35-4)21-28(25)26(27)16-17-34(29,32)3/h7-11,20-21,26-27,29,32H,12-19,22-23H2,1-6H3. The van der Waals surface area contributed by atoms with Gasteiger partial charge in [0.05, 0.1) is 35.2 Å². The van der Waals surface area contributed by atoms with Crippen LogP contribution in [0.5, 0.6) is 11.5 Å². The van der Waals surface area contributed by atoms with Crippen molar-refractivity contribution in [3.05, 3.63) is 59.2 Å². The number of benzene rings is 2. The zero-order valence-electron chi connectivity index (χ0n) is 25.1. The molecular weight excluding hydrogens is 500 g/mol. The van der Waals surface area contributed by atoms with E-state index in [1.807, 2.05) is 6.07 Å². The van der Waals surface area contributed by atoms with E-state index in [-0.39, 0.29) is 14.2 Å². The summed E-state index contributed by atoms with van der Waals surface area (Å²) in [7, 11) is 1.39. The summed E-state index contributed by atoms with van der Waals surface area (Å²) in [6.07, 6.45) is 7.71. The minimum absolute atomic E-state index is 0.282. The number of ether oxygens (including phenoxy) is 4. The van der Waals surface area contributed by atoms with E-state index in [4.69, 9.17) is 18.9 Å². The number of hydrogen-bond acceptors (Lipinski definition) is 4. The van der Waals surface area contributed by atoms with Gasteiger partial charge in [-0.3, -0.25) is 0 Å². The van der Waals surface area contributed by atoms with Crippen LogP contribution in [0.25, 0.3) is 0 Å². The molecule has 5 rings (SSSR count). The average molecular weight is 550 g/mol. The van der Waals surface area contributed by atoms with Gasteiger partial charge in [-0.2, -0.15) is 0 Å². The summed E-state index contributed by atoms with van der Waals surface area (Å²) in [6, 6.07) is 14.9. The summed E-state index contributed by atoms with van der Waals surface area (Å²) in [5.41, 5.74) is 4.42. The Labute approximate surface area is 238 Å². The zero-order valence-corrected chi connectivity index (χ0v) is 26.1. The smallest absolute Gasteiger partial charge is 0.161 e. The summed E-state index contributed by atoms with van der Waals surface area (Å²) in [5.74, 6) is 3.83. The largest absolute Gasteiger partial charge is 0.493 e. The van der Waals surface area contributed by atoms with Crippen LogP contribution in [0.2, 0.25) is 18.1 Å². The summed E-state index contributed by atoms with van der Waals surface area (Å²) in [5, 5.41) is 0.308.